The van der Waals surface area contributed by atoms with Crippen LogP contribution >= 0.6 is 0 Å². The molecule has 8 nitrogen and oxygen atoms in total. The van der Waals surface area contributed by atoms with Crippen LogP contribution in [0, 0.1) is 0 Å². The monoisotopic (exact) mass is 482 g/mol. The molecule has 1 N–H and O–H groups in total. The SMILES string of the molecule is CCc1cccc(NC(=O)COC(=O)c2ccc(S(=O)(=O)N(C)c3ccccc3OC)cc2)c1. The minimum absolute atomic E-state index is 0.00833. The molecule has 0 bridgehead atoms. The highest BCUT2D eigenvalue weighted by atomic mass is 32.2. The van der Waals surface area contributed by atoms with Crippen molar-refractivity contribution in [2.75, 3.05) is 30.4 Å². The number of para-hydroxylation sites is 2. The lowest BCUT2D eigenvalue weighted by atomic mass is 10.1. The number of benzene rings is 3. The number of carbonyl (C=O) groups is 2. The van der Waals surface area contributed by atoms with E-state index in [1.54, 1.807) is 30.3 Å². The summed E-state index contributed by atoms with van der Waals surface area (Å²) in [6.45, 7) is 1.54. The maximum atomic E-state index is 13.0. The standard InChI is InChI=1S/C25H26N2O6S/c1-4-18-8-7-9-20(16-18)26-24(28)17-33-25(29)19-12-14-21(15-13-19)34(30,31)27(2)22-10-5-6-11-23(22)32-3/h5-16H,4,17H2,1-3H3,(H,26,28). The number of aryl methyl sites for hydroxylation is 1. The molecular formula is C25H26N2O6S. The molecule has 34 heavy (non-hydrogen) atoms. The third-order valence-corrected chi connectivity index (χ3v) is 6.91. The summed E-state index contributed by atoms with van der Waals surface area (Å²) >= 11 is 0. The molecule has 3 aromatic rings. The second kappa shape index (κ2) is 10.8. The number of rotatable bonds is 9. The molecule has 0 fully saturated rings. The van der Waals surface area contributed by atoms with Crippen LogP contribution < -0.4 is 14.4 Å². The average molecular weight is 483 g/mol. The van der Waals surface area contributed by atoms with Gasteiger partial charge in [0.2, 0.25) is 0 Å². The second-order valence-electron chi connectivity index (χ2n) is 7.35. The highest BCUT2D eigenvalue weighted by Gasteiger charge is 2.24. The lowest BCUT2D eigenvalue weighted by molar-refractivity contribution is -0.119. The Labute approximate surface area is 199 Å². The van der Waals surface area contributed by atoms with Crippen molar-refractivity contribution in [1.29, 1.82) is 0 Å². The molecule has 0 saturated heterocycles. The van der Waals surface area contributed by atoms with Crippen LogP contribution in [0.25, 0.3) is 0 Å². The van der Waals surface area contributed by atoms with Crippen molar-refractivity contribution in [3.63, 3.8) is 0 Å². The number of carbonyl (C=O) groups excluding carboxylic acids is 2. The van der Waals surface area contributed by atoms with Crippen LogP contribution in [0.4, 0.5) is 11.4 Å². The second-order valence-corrected chi connectivity index (χ2v) is 9.32. The van der Waals surface area contributed by atoms with E-state index in [4.69, 9.17) is 9.47 Å². The minimum Gasteiger partial charge on any atom is -0.495 e. The minimum atomic E-state index is -3.90. The quantitative estimate of drug-likeness (QED) is 0.465. The summed E-state index contributed by atoms with van der Waals surface area (Å²) in [6, 6.07) is 19.4. The zero-order valence-electron chi connectivity index (χ0n) is 19.1. The molecule has 0 heterocycles. The first kappa shape index (κ1) is 24.8. The van der Waals surface area contributed by atoms with Gasteiger partial charge in [-0.1, -0.05) is 31.2 Å². The van der Waals surface area contributed by atoms with Crippen molar-refractivity contribution >= 4 is 33.3 Å². The summed E-state index contributed by atoms with van der Waals surface area (Å²) in [7, 11) is -1.01. The normalized spacial score (nSPS) is 10.9. The average Bonchev–Trinajstić information content (AvgIpc) is 2.86. The summed E-state index contributed by atoms with van der Waals surface area (Å²) in [4.78, 5) is 24.4. The van der Waals surface area contributed by atoms with Gasteiger partial charge in [0.1, 0.15) is 5.75 Å². The first-order valence-electron chi connectivity index (χ1n) is 10.5. The van der Waals surface area contributed by atoms with Gasteiger partial charge < -0.3 is 14.8 Å². The van der Waals surface area contributed by atoms with Gasteiger partial charge in [0.15, 0.2) is 6.61 Å². The first-order valence-corrected chi connectivity index (χ1v) is 12.0. The number of methoxy groups -OCH3 is 1. The molecule has 0 aromatic heterocycles. The number of nitrogens with one attached hydrogen (secondary N) is 1. The van der Waals surface area contributed by atoms with Gasteiger partial charge in [0.05, 0.1) is 23.3 Å². The third kappa shape index (κ3) is 5.74. The Morgan fingerprint density at radius 1 is 0.971 bits per heavy atom. The topological polar surface area (TPSA) is 102 Å². The van der Waals surface area contributed by atoms with E-state index in [0.29, 0.717) is 17.1 Å². The predicted molar refractivity (Wildman–Crippen MR) is 130 cm³/mol. The maximum Gasteiger partial charge on any atom is 0.338 e. The van der Waals surface area contributed by atoms with E-state index in [0.717, 1.165) is 16.3 Å². The summed E-state index contributed by atoms with van der Waals surface area (Å²) < 4.78 is 37.5. The fraction of sp³-hybridized carbons (Fsp3) is 0.200. The molecule has 0 spiro atoms. The molecule has 3 aromatic carbocycles. The van der Waals surface area contributed by atoms with Crippen LogP contribution in [0.15, 0.2) is 77.7 Å². The molecule has 3 rings (SSSR count). The summed E-state index contributed by atoms with van der Waals surface area (Å²) in [5.41, 5.74) is 2.19. The molecule has 9 heteroatoms. The van der Waals surface area contributed by atoms with Crippen molar-refractivity contribution in [1.82, 2.24) is 0 Å². The van der Waals surface area contributed by atoms with E-state index in [2.05, 4.69) is 5.32 Å². The number of hydrogen-bond donors (Lipinski definition) is 1. The van der Waals surface area contributed by atoms with E-state index < -0.39 is 28.5 Å². The Bertz CT molecular complexity index is 1270. The molecule has 178 valence electrons. The first-order chi connectivity index (χ1) is 16.3. The Balaban J connectivity index is 1.64. The Hall–Kier alpha value is -3.85. The van der Waals surface area contributed by atoms with Gasteiger partial charge >= 0.3 is 5.97 Å². The van der Waals surface area contributed by atoms with E-state index >= 15 is 0 Å². The summed E-state index contributed by atoms with van der Waals surface area (Å²) in [5, 5.41) is 2.68. The molecular weight excluding hydrogens is 456 g/mol. The van der Waals surface area contributed by atoms with Crippen LogP contribution in [-0.4, -0.2) is 41.1 Å². The molecule has 0 aliphatic heterocycles. The zero-order chi connectivity index (χ0) is 24.7. The maximum absolute atomic E-state index is 13.0. The molecule has 0 saturated carbocycles. The van der Waals surface area contributed by atoms with E-state index in [1.165, 1.54) is 38.4 Å². The number of anilines is 2. The lowest BCUT2D eigenvalue weighted by Gasteiger charge is -2.21. The van der Waals surface area contributed by atoms with Crippen molar-refractivity contribution in [3.8, 4) is 5.75 Å². The van der Waals surface area contributed by atoms with Gasteiger partial charge in [-0.15, -0.1) is 0 Å². The van der Waals surface area contributed by atoms with Crippen molar-refractivity contribution in [3.05, 3.63) is 83.9 Å². The Morgan fingerprint density at radius 3 is 2.35 bits per heavy atom. The van der Waals surface area contributed by atoms with E-state index in [9.17, 15) is 18.0 Å². The largest absolute Gasteiger partial charge is 0.495 e. The Morgan fingerprint density at radius 2 is 1.68 bits per heavy atom. The highest BCUT2D eigenvalue weighted by molar-refractivity contribution is 7.92. The third-order valence-electron chi connectivity index (χ3n) is 5.13. The molecule has 0 radical (unpaired) electrons. The van der Waals surface area contributed by atoms with Gasteiger partial charge in [-0.3, -0.25) is 9.10 Å². The van der Waals surface area contributed by atoms with Gasteiger partial charge in [-0.05, 0) is 60.5 Å². The van der Waals surface area contributed by atoms with Crippen LogP contribution in [0.1, 0.15) is 22.8 Å². The summed E-state index contributed by atoms with van der Waals surface area (Å²) in [6.07, 6.45) is 0.832. The number of ether oxygens (including phenoxy) is 2. The fourth-order valence-electron chi connectivity index (χ4n) is 3.22. The van der Waals surface area contributed by atoms with E-state index in [-0.39, 0.29) is 10.5 Å². The summed E-state index contributed by atoms with van der Waals surface area (Å²) in [5.74, 6) is -0.799. The molecule has 0 unspecified atom stereocenters. The molecule has 0 aliphatic carbocycles. The van der Waals surface area contributed by atoms with E-state index in [1.807, 2.05) is 25.1 Å². The number of amides is 1. The van der Waals surface area contributed by atoms with Gasteiger partial charge in [-0.2, -0.15) is 0 Å². The smallest absolute Gasteiger partial charge is 0.338 e. The number of sulfonamides is 1. The zero-order valence-corrected chi connectivity index (χ0v) is 20.0. The van der Waals surface area contributed by atoms with Crippen LogP contribution in [0.5, 0.6) is 5.75 Å². The molecule has 0 atom stereocenters. The van der Waals surface area contributed by atoms with Crippen LogP contribution in [-0.2, 0) is 26.0 Å². The highest BCUT2D eigenvalue weighted by Crippen LogP contribution is 2.30. The van der Waals surface area contributed by atoms with Crippen molar-refractivity contribution in [2.45, 2.75) is 18.2 Å². The van der Waals surface area contributed by atoms with Crippen LogP contribution in [0.3, 0.4) is 0 Å². The van der Waals surface area contributed by atoms with Crippen LogP contribution in [0.2, 0.25) is 0 Å². The Kier molecular flexibility index (Phi) is 7.91. The molecule has 1 amide bonds. The van der Waals surface area contributed by atoms with Gasteiger partial charge in [0, 0.05) is 12.7 Å². The van der Waals surface area contributed by atoms with Gasteiger partial charge in [0.25, 0.3) is 15.9 Å². The number of hydrogen-bond acceptors (Lipinski definition) is 6. The number of nitrogens with zero attached hydrogens (tertiary/aromatic N) is 1. The van der Waals surface area contributed by atoms with Crippen molar-refractivity contribution < 1.29 is 27.5 Å². The number of esters is 1. The van der Waals surface area contributed by atoms with Gasteiger partial charge in [-0.25, -0.2) is 13.2 Å². The lowest BCUT2D eigenvalue weighted by Crippen LogP contribution is -2.27. The molecule has 0 aliphatic rings. The predicted octanol–water partition coefficient (Wildman–Crippen LogP) is 3.88. The van der Waals surface area contributed by atoms with Crippen molar-refractivity contribution in [2.24, 2.45) is 0 Å². The fourth-order valence-corrected chi connectivity index (χ4v) is 4.43.